The predicted molar refractivity (Wildman–Crippen MR) is 137 cm³/mol. The van der Waals surface area contributed by atoms with E-state index in [0.29, 0.717) is 23.2 Å². The van der Waals surface area contributed by atoms with Crippen LogP contribution in [-0.4, -0.2) is 31.8 Å². The number of rotatable bonds is 11. The maximum absolute atomic E-state index is 12.8. The number of anilines is 1. The fourth-order valence-corrected chi connectivity index (χ4v) is 5.51. The third-order valence-electron chi connectivity index (χ3n) is 5.14. The van der Waals surface area contributed by atoms with Crippen molar-refractivity contribution in [1.29, 1.82) is 0 Å². The van der Waals surface area contributed by atoms with Crippen molar-refractivity contribution >= 4 is 50.6 Å². The standard InChI is InChI=1S/C23H20ClF6N5O4S2/c24-17-10-15(23(28,29)30)11-32-20(17)31-8-2-5-18(36)34-35-41(38,39)19-7-6-16(40-19)12-33-21(37)13-3-1-4-14(9-13)22(25,26)27/h1,3-4,6-7,9-11,35H,2,5,8,12H2,(H,31,32)(H,33,37)(H,34,36). The van der Waals surface area contributed by atoms with Gasteiger partial charge in [0, 0.05) is 29.6 Å². The molecule has 2 heterocycles. The maximum atomic E-state index is 12.8. The second-order valence-electron chi connectivity index (χ2n) is 8.22. The van der Waals surface area contributed by atoms with Crippen molar-refractivity contribution < 1.29 is 44.3 Å². The van der Waals surface area contributed by atoms with Crippen LogP contribution < -0.4 is 20.9 Å². The first-order valence-electron chi connectivity index (χ1n) is 11.4. The van der Waals surface area contributed by atoms with Crippen molar-refractivity contribution in [2.24, 2.45) is 0 Å². The van der Waals surface area contributed by atoms with Gasteiger partial charge in [0.2, 0.25) is 5.91 Å². The van der Waals surface area contributed by atoms with Crippen LogP contribution in [-0.2, 0) is 33.7 Å². The lowest BCUT2D eigenvalue weighted by Gasteiger charge is -2.11. The van der Waals surface area contributed by atoms with E-state index in [9.17, 15) is 44.3 Å². The first-order valence-corrected chi connectivity index (χ1v) is 14.1. The summed E-state index contributed by atoms with van der Waals surface area (Å²) in [6.45, 7) is -0.0643. The van der Waals surface area contributed by atoms with Gasteiger partial charge in [0.15, 0.2) is 0 Å². The van der Waals surface area contributed by atoms with Gasteiger partial charge in [-0.05, 0) is 42.8 Å². The normalized spacial score (nSPS) is 12.2. The lowest BCUT2D eigenvalue weighted by molar-refractivity contribution is -0.138. The van der Waals surface area contributed by atoms with Crippen LogP contribution in [0.2, 0.25) is 5.02 Å². The van der Waals surface area contributed by atoms with Crippen LogP contribution in [0.4, 0.5) is 32.2 Å². The minimum Gasteiger partial charge on any atom is -0.369 e. The molecule has 0 saturated carbocycles. The van der Waals surface area contributed by atoms with Crippen LogP contribution in [0.1, 0.15) is 39.2 Å². The molecule has 2 amide bonds. The Morgan fingerprint density at radius 3 is 2.34 bits per heavy atom. The third kappa shape index (κ3) is 9.31. The molecule has 0 atom stereocenters. The molecular formula is C23H20ClF6N5O4S2. The van der Waals surface area contributed by atoms with E-state index in [1.54, 1.807) is 0 Å². The molecule has 0 fully saturated rings. The van der Waals surface area contributed by atoms with Gasteiger partial charge < -0.3 is 10.6 Å². The van der Waals surface area contributed by atoms with Crippen LogP contribution in [0.25, 0.3) is 0 Å². The molecule has 0 aliphatic rings. The molecular weight excluding hydrogens is 624 g/mol. The molecule has 0 saturated heterocycles. The SMILES string of the molecule is O=C(CCCNc1ncc(C(F)(F)F)cc1Cl)NNS(=O)(=O)c1ccc(CNC(=O)c2cccc(C(F)(F)F)c2)s1. The summed E-state index contributed by atoms with van der Waals surface area (Å²) in [5, 5.41) is 4.83. The van der Waals surface area contributed by atoms with Crippen LogP contribution in [0.15, 0.2) is 52.9 Å². The molecule has 41 heavy (non-hydrogen) atoms. The van der Waals surface area contributed by atoms with Crippen LogP contribution in [0.5, 0.6) is 0 Å². The van der Waals surface area contributed by atoms with Crippen molar-refractivity contribution in [2.45, 2.75) is 35.9 Å². The van der Waals surface area contributed by atoms with Gasteiger partial charge in [-0.2, -0.15) is 26.3 Å². The fraction of sp³-hybridized carbons (Fsp3) is 0.261. The predicted octanol–water partition coefficient (Wildman–Crippen LogP) is 4.97. The zero-order valence-corrected chi connectivity index (χ0v) is 22.9. The van der Waals surface area contributed by atoms with E-state index in [2.05, 4.69) is 15.6 Å². The maximum Gasteiger partial charge on any atom is 0.417 e. The Kier molecular flexibility index (Phi) is 10.2. The average molecular weight is 644 g/mol. The summed E-state index contributed by atoms with van der Waals surface area (Å²) >= 11 is 6.55. The van der Waals surface area contributed by atoms with Crippen LogP contribution >= 0.6 is 22.9 Å². The number of benzene rings is 1. The van der Waals surface area contributed by atoms with Gasteiger partial charge in [-0.3, -0.25) is 15.0 Å². The smallest absolute Gasteiger partial charge is 0.369 e. The number of alkyl halides is 6. The number of carbonyl (C=O) groups excluding carboxylic acids is 2. The minimum absolute atomic E-state index is 0.0136. The highest BCUT2D eigenvalue weighted by Gasteiger charge is 2.32. The molecule has 4 N–H and O–H groups in total. The molecule has 0 spiro atoms. The summed E-state index contributed by atoms with van der Waals surface area (Å²) < 4.78 is 101. The number of hydrogen-bond acceptors (Lipinski definition) is 7. The number of thiophene rings is 1. The minimum atomic E-state index is -4.62. The van der Waals surface area contributed by atoms with E-state index < -0.39 is 45.3 Å². The van der Waals surface area contributed by atoms with Gasteiger partial charge in [0.1, 0.15) is 10.0 Å². The zero-order chi connectivity index (χ0) is 30.4. The molecule has 0 aliphatic heterocycles. The Hall–Kier alpha value is -3.41. The Labute approximate surface area is 238 Å². The molecule has 3 aromatic rings. The molecule has 0 radical (unpaired) electrons. The number of aromatic nitrogens is 1. The van der Waals surface area contributed by atoms with Crippen molar-refractivity contribution in [1.82, 2.24) is 20.6 Å². The lowest BCUT2D eigenvalue weighted by atomic mass is 10.1. The molecule has 222 valence electrons. The highest BCUT2D eigenvalue weighted by molar-refractivity contribution is 7.91. The summed E-state index contributed by atoms with van der Waals surface area (Å²) in [5.41, 5.74) is -0.195. The van der Waals surface area contributed by atoms with E-state index >= 15 is 0 Å². The van der Waals surface area contributed by atoms with Gasteiger partial charge in [-0.15, -0.1) is 16.2 Å². The summed E-state index contributed by atoms with van der Waals surface area (Å²) in [5.74, 6) is -1.50. The first-order chi connectivity index (χ1) is 19.1. The van der Waals surface area contributed by atoms with Gasteiger partial charge in [0.05, 0.1) is 22.7 Å². The highest BCUT2D eigenvalue weighted by atomic mass is 35.5. The number of amides is 2. The second kappa shape index (κ2) is 13.1. The Morgan fingerprint density at radius 2 is 1.68 bits per heavy atom. The summed E-state index contributed by atoms with van der Waals surface area (Å²) in [7, 11) is -4.18. The van der Waals surface area contributed by atoms with Crippen molar-refractivity contribution in [3.63, 3.8) is 0 Å². The monoisotopic (exact) mass is 643 g/mol. The molecule has 0 aliphatic carbocycles. The van der Waals surface area contributed by atoms with Crippen molar-refractivity contribution in [2.75, 3.05) is 11.9 Å². The fourth-order valence-electron chi connectivity index (χ4n) is 3.12. The number of sulfonamides is 1. The molecule has 0 bridgehead atoms. The van der Waals surface area contributed by atoms with Gasteiger partial charge in [-0.1, -0.05) is 17.7 Å². The summed E-state index contributed by atoms with van der Waals surface area (Å²) in [6.07, 6.45) is -8.62. The zero-order valence-electron chi connectivity index (χ0n) is 20.5. The number of nitrogens with one attached hydrogen (secondary N) is 4. The Bertz CT molecular complexity index is 1510. The van der Waals surface area contributed by atoms with Gasteiger partial charge in [0.25, 0.3) is 15.9 Å². The topological polar surface area (TPSA) is 129 Å². The van der Waals surface area contributed by atoms with Crippen LogP contribution in [0, 0.1) is 0 Å². The number of hydrazine groups is 1. The van der Waals surface area contributed by atoms with Gasteiger partial charge >= 0.3 is 12.4 Å². The van der Waals surface area contributed by atoms with Crippen LogP contribution in [0.3, 0.4) is 0 Å². The van der Waals surface area contributed by atoms with Gasteiger partial charge in [-0.25, -0.2) is 13.4 Å². The Morgan fingerprint density at radius 1 is 0.976 bits per heavy atom. The number of halogens is 7. The summed E-state index contributed by atoms with van der Waals surface area (Å²) in [4.78, 5) is 30.1. The van der Waals surface area contributed by atoms with Crippen molar-refractivity contribution in [3.8, 4) is 0 Å². The molecule has 2 aromatic heterocycles. The van der Waals surface area contributed by atoms with Crippen molar-refractivity contribution in [3.05, 3.63) is 75.3 Å². The first kappa shape index (κ1) is 32.1. The molecule has 0 unspecified atom stereocenters. The molecule has 9 nitrogen and oxygen atoms in total. The second-order valence-corrected chi connectivity index (χ2v) is 11.7. The van der Waals surface area contributed by atoms with E-state index in [4.69, 9.17) is 11.6 Å². The van der Waals surface area contributed by atoms with E-state index in [-0.39, 0.29) is 46.5 Å². The highest BCUT2D eigenvalue weighted by Crippen LogP contribution is 2.32. The molecule has 18 heteroatoms. The number of carbonyl (C=O) groups is 2. The lowest BCUT2D eigenvalue weighted by Crippen LogP contribution is -2.41. The van der Waals surface area contributed by atoms with E-state index in [1.807, 2.05) is 10.3 Å². The van der Waals surface area contributed by atoms with E-state index in [0.717, 1.165) is 23.5 Å². The number of nitrogens with zero attached hydrogens (tertiary/aromatic N) is 1. The number of hydrogen-bond donors (Lipinski definition) is 4. The van der Waals surface area contributed by atoms with E-state index in [1.165, 1.54) is 18.2 Å². The average Bonchev–Trinajstić information content (AvgIpc) is 3.38. The third-order valence-corrected chi connectivity index (χ3v) is 8.26. The Balaban J connectivity index is 1.43. The summed E-state index contributed by atoms with van der Waals surface area (Å²) in [6, 6.07) is 7.14. The molecule has 3 rings (SSSR count). The number of pyridine rings is 1. The largest absolute Gasteiger partial charge is 0.417 e. The quantitative estimate of drug-likeness (QED) is 0.133. The molecule has 1 aromatic carbocycles.